The topological polar surface area (TPSA) is 81.4 Å². The summed E-state index contributed by atoms with van der Waals surface area (Å²) >= 11 is 23.5. The van der Waals surface area contributed by atoms with Gasteiger partial charge in [-0.1, -0.05) is 46.4 Å². The summed E-state index contributed by atoms with van der Waals surface area (Å²) in [6.07, 6.45) is 0. The Balaban J connectivity index is 2.01. The Morgan fingerprint density at radius 3 is 2.25 bits per heavy atom. The Hall–Kier alpha value is -1.66. The van der Waals surface area contributed by atoms with E-state index < -0.39 is 18.5 Å². The van der Waals surface area contributed by atoms with Crippen LogP contribution in [0.4, 0.5) is 11.4 Å². The van der Waals surface area contributed by atoms with E-state index >= 15 is 0 Å². The Labute approximate surface area is 157 Å². The second kappa shape index (κ2) is 7.94. The van der Waals surface area contributed by atoms with Crippen molar-refractivity contribution in [2.45, 2.75) is 0 Å². The molecule has 2 aromatic rings. The number of nitrogen functional groups attached to an aromatic ring is 1. The largest absolute Gasteiger partial charge is 0.452 e. The van der Waals surface area contributed by atoms with Crippen LogP contribution in [0.25, 0.3) is 0 Å². The van der Waals surface area contributed by atoms with E-state index in [1.807, 2.05) is 0 Å². The molecule has 0 saturated heterocycles. The first-order chi connectivity index (χ1) is 11.3. The molecule has 0 heterocycles. The molecular formula is C15H10Cl4N2O3. The van der Waals surface area contributed by atoms with Crippen molar-refractivity contribution in [2.75, 3.05) is 17.7 Å². The number of anilines is 2. The molecule has 1 amide bonds. The van der Waals surface area contributed by atoms with Crippen LogP contribution in [0.1, 0.15) is 10.4 Å². The van der Waals surface area contributed by atoms with E-state index in [-0.39, 0.29) is 27.0 Å². The van der Waals surface area contributed by atoms with E-state index in [1.54, 1.807) is 0 Å². The third-order valence-electron chi connectivity index (χ3n) is 2.84. The lowest BCUT2D eigenvalue weighted by atomic mass is 10.2. The number of amides is 1. The monoisotopic (exact) mass is 406 g/mol. The molecule has 0 aliphatic rings. The Kier molecular flexibility index (Phi) is 6.18. The van der Waals surface area contributed by atoms with Crippen LogP contribution < -0.4 is 11.1 Å². The average Bonchev–Trinajstić information content (AvgIpc) is 2.50. The first-order valence-electron chi connectivity index (χ1n) is 6.44. The number of carbonyl (C=O) groups is 2. The van der Waals surface area contributed by atoms with Crippen molar-refractivity contribution in [1.29, 1.82) is 0 Å². The molecule has 0 unspecified atom stereocenters. The fourth-order valence-electron chi connectivity index (χ4n) is 1.75. The molecule has 0 fully saturated rings. The van der Waals surface area contributed by atoms with Gasteiger partial charge in [0.1, 0.15) is 0 Å². The SMILES string of the molecule is Nc1ccc(Cl)cc1C(=O)OCC(=O)Nc1c(Cl)cc(Cl)cc1Cl. The first-order valence-corrected chi connectivity index (χ1v) is 7.95. The van der Waals surface area contributed by atoms with Gasteiger partial charge in [-0.3, -0.25) is 4.79 Å². The fourth-order valence-corrected chi connectivity index (χ4v) is 2.83. The van der Waals surface area contributed by atoms with Crippen molar-refractivity contribution in [3.63, 3.8) is 0 Å². The molecule has 0 aromatic heterocycles. The lowest BCUT2D eigenvalue weighted by molar-refractivity contribution is -0.119. The van der Waals surface area contributed by atoms with Gasteiger partial charge in [0, 0.05) is 15.7 Å². The molecule has 126 valence electrons. The predicted molar refractivity (Wildman–Crippen MR) is 96.2 cm³/mol. The number of rotatable bonds is 4. The van der Waals surface area contributed by atoms with Crippen molar-refractivity contribution < 1.29 is 14.3 Å². The molecular weight excluding hydrogens is 398 g/mol. The van der Waals surface area contributed by atoms with Crippen LogP contribution in [-0.2, 0) is 9.53 Å². The number of ether oxygens (including phenoxy) is 1. The van der Waals surface area contributed by atoms with E-state index in [0.29, 0.717) is 10.0 Å². The van der Waals surface area contributed by atoms with Crippen LogP contribution >= 0.6 is 46.4 Å². The van der Waals surface area contributed by atoms with E-state index in [4.69, 9.17) is 56.9 Å². The second-order valence-corrected chi connectivity index (χ2v) is 6.29. The zero-order chi connectivity index (χ0) is 17.9. The molecule has 0 bridgehead atoms. The quantitative estimate of drug-likeness (QED) is 0.569. The van der Waals surface area contributed by atoms with Crippen LogP contribution in [0, 0.1) is 0 Å². The van der Waals surface area contributed by atoms with Gasteiger partial charge in [-0.25, -0.2) is 4.79 Å². The minimum absolute atomic E-state index is 0.0675. The highest BCUT2D eigenvalue weighted by Gasteiger charge is 2.16. The van der Waals surface area contributed by atoms with Gasteiger partial charge in [0.05, 0.1) is 21.3 Å². The summed E-state index contributed by atoms with van der Waals surface area (Å²) in [5, 5.41) is 3.40. The number of hydrogen-bond acceptors (Lipinski definition) is 4. The van der Waals surface area contributed by atoms with E-state index in [2.05, 4.69) is 5.32 Å². The van der Waals surface area contributed by atoms with E-state index in [1.165, 1.54) is 30.3 Å². The number of halogens is 4. The number of hydrogen-bond donors (Lipinski definition) is 2. The Morgan fingerprint density at radius 2 is 1.62 bits per heavy atom. The molecule has 0 aliphatic heterocycles. The molecule has 5 nitrogen and oxygen atoms in total. The number of benzene rings is 2. The van der Waals surface area contributed by atoms with Gasteiger partial charge < -0.3 is 15.8 Å². The first kappa shape index (κ1) is 18.7. The van der Waals surface area contributed by atoms with Gasteiger partial charge in [-0.05, 0) is 30.3 Å². The summed E-state index contributed by atoms with van der Waals surface area (Å²) in [5.74, 6) is -1.41. The maximum atomic E-state index is 11.9. The van der Waals surface area contributed by atoms with E-state index in [0.717, 1.165) is 0 Å². The summed E-state index contributed by atoms with van der Waals surface area (Å²) < 4.78 is 4.90. The molecule has 2 aromatic carbocycles. The van der Waals surface area contributed by atoms with Crippen LogP contribution in [-0.4, -0.2) is 18.5 Å². The fraction of sp³-hybridized carbons (Fsp3) is 0.0667. The highest BCUT2D eigenvalue weighted by molar-refractivity contribution is 6.42. The Bertz CT molecular complexity index is 788. The van der Waals surface area contributed by atoms with Crippen LogP contribution in [0.2, 0.25) is 20.1 Å². The van der Waals surface area contributed by atoms with Crippen molar-refractivity contribution >= 4 is 69.7 Å². The van der Waals surface area contributed by atoms with Gasteiger partial charge in [0.2, 0.25) is 0 Å². The van der Waals surface area contributed by atoms with Crippen molar-refractivity contribution in [1.82, 2.24) is 0 Å². The van der Waals surface area contributed by atoms with Gasteiger partial charge >= 0.3 is 5.97 Å². The lowest BCUT2D eigenvalue weighted by Gasteiger charge is -2.11. The summed E-state index contributed by atoms with van der Waals surface area (Å²) in [5.41, 5.74) is 6.10. The van der Waals surface area contributed by atoms with Crippen molar-refractivity contribution in [3.8, 4) is 0 Å². The molecule has 0 aliphatic carbocycles. The standard InChI is InChI=1S/C15H10Cl4N2O3/c16-7-1-2-12(20)9(3-7)15(23)24-6-13(22)21-14-10(18)4-8(17)5-11(14)19/h1-5H,6,20H2,(H,21,22). The number of nitrogens with one attached hydrogen (secondary N) is 1. The lowest BCUT2D eigenvalue weighted by Crippen LogP contribution is -2.21. The third-order valence-corrected chi connectivity index (χ3v) is 3.89. The summed E-state index contributed by atoms with van der Waals surface area (Å²) in [4.78, 5) is 23.8. The summed E-state index contributed by atoms with van der Waals surface area (Å²) in [6.45, 7) is -0.555. The van der Waals surface area contributed by atoms with Gasteiger partial charge in [-0.15, -0.1) is 0 Å². The predicted octanol–water partition coefficient (Wildman–Crippen LogP) is 4.68. The molecule has 0 radical (unpaired) electrons. The normalized spacial score (nSPS) is 10.3. The van der Waals surface area contributed by atoms with Gasteiger partial charge in [-0.2, -0.15) is 0 Å². The Morgan fingerprint density at radius 1 is 1.00 bits per heavy atom. The minimum atomic E-state index is -0.779. The van der Waals surface area contributed by atoms with Crippen LogP contribution in [0.3, 0.4) is 0 Å². The summed E-state index contributed by atoms with van der Waals surface area (Å²) in [7, 11) is 0. The molecule has 24 heavy (non-hydrogen) atoms. The van der Waals surface area contributed by atoms with Crippen LogP contribution in [0.5, 0.6) is 0 Å². The highest BCUT2D eigenvalue weighted by Crippen LogP contribution is 2.33. The average molecular weight is 408 g/mol. The molecule has 9 heteroatoms. The summed E-state index contributed by atoms with van der Waals surface area (Å²) in [6, 6.07) is 7.19. The zero-order valence-electron chi connectivity index (χ0n) is 11.9. The van der Waals surface area contributed by atoms with Crippen molar-refractivity contribution in [2.24, 2.45) is 0 Å². The maximum absolute atomic E-state index is 11.9. The van der Waals surface area contributed by atoms with E-state index in [9.17, 15) is 9.59 Å². The van der Waals surface area contributed by atoms with Crippen LogP contribution in [0.15, 0.2) is 30.3 Å². The molecule has 0 saturated carbocycles. The minimum Gasteiger partial charge on any atom is -0.452 e. The molecule has 3 N–H and O–H groups in total. The second-order valence-electron chi connectivity index (χ2n) is 4.60. The molecule has 0 atom stereocenters. The smallest absolute Gasteiger partial charge is 0.340 e. The highest BCUT2D eigenvalue weighted by atomic mass is 35.5. The van der Waals surface area contributed by atoms with Crippen molar-refractivity contribution in [3.05, 3.63) is 56.0 Å². The molecule has 2 rings (SSSR count). The van der Waals surface area contributed by atoms with Gasteiger partial charge in [0.15, 0.2) is 6.61 Å². The number of esters is 1. The number of carbonyl (C=O) groups excluding carboxylic acids is 2. The maximum Gasteiger partial charge on any atom is 0.340 e. The third kappa shape index (κ3) is 4.68. The zero-order valence-corrected chi connectivity index (χ0v) is 14.9. The molecule has 0 spiro atoms. The number of nitrogens with two attached hydrogens (primary N) is 1. The van der Waals surface area contributed by atoms with Gasteiger partial charge in [0.25, 0.3) is 5.91 Å².